The fourth-order valence-corrected chi connectivity index (χ4v) is 4.27. The maximum absolute atomic E-state index is 12.8. The van der Waals surface area contributed by atoms with Crippen LogP contribution in [0.2, 0.25) is 0 Å². The SMILES string of the molecule is CCOC(=O)C1c2[nH]c3ccc(OC)cc3c2C2CCN1C2OC(=O)C(F)(F)F. The highest BCUT2D eigenvalue weighted by atomic mass is 19.4. The van der Waals surface area contributed by atoms with Gasteiger partial charge >= 0.3 is 18.1 Å². The Hall–Kier alpha value is -2.75. The van der Waals surface area contributed by atoms with Gasteiger partial charge in [-0.05, 0) is 37.1 Å². The minimum absolute atomic E-state index is 0.114. The van der Waals surface area contributed by atoms with E-state index in [2.05, 4.69) is 4.98 Å². The second-order valence-electron chi connectivity index (χ2n) is 6.95. The van der Waals surface area contributed by atoms with Crippen molar-refractivity contribution in [1.29, 1.82) is 0 Å². The zero-order valence-electron chi connectivity index (χ0n) is 15.7. The Labute approximate surface area is 163 Å². The lowest BCUT2D eigenvalue weighted by Crippen LogP contribution is -2.47. The molecule has 4 rings (SSSR count). The van der Waals surface area contributed by atoms with Gasteiger partial charge in [-0.2, -0.15) is 13.2 Å². The Morgan fingerprint density at radius 2 is 2.07 bits per heavy atom. The first-order valence-corrected chi connectivity index (χ1v) is 9.16. The van der Waals surface area contributed by atoms with Crippen LogP contribution in [0.3, 0.4) is 0 Å². The monoisotopic (exact) mass is 412 g/mol. The Kier molecular flexibility index (Phi) is 4.68. The van der Waals surface area contributed by atoms with Crippen molar-refractivity contribution in [2.75, 3.05) is 20.3 Å². The van der Waals surface area contributed by atoms with E-state index in [0.29, 0.717) is 34.3 Å². The van der Waals surface area contributed by atoms with E-state index in [9.17, 15) is 22.8 Å². The lowest BCUT2D eigenvalue weighted by Gasteiger charge is -2.37. The Bertz CT molecular complexity index is 971. The summed E-state index contributed by atoms with van der Waals surface area (Å²) < 4.78 is 53.8. The number of benzene rings is 1. The van der Waals surface area contributed by atoms with E-state index in [1.807, 2.05) is 0 Å². The molecule has 0 spiro atoms. The minimum Gasteiger partial charge on any atom is -0.497 e. The van der Waals surface area contributed by atoms with E-state index in [4.69, 9.17) is 14.2 Å². The summed E-state index contributed by atoms with van der Waals surface area (Å²) in [7, 11) is 1.51. The third kappa shape index (κ3) is 3.11. The van der Waals surface area contributed by atoms with Crippen LogP contribution in [-0.2, 0) is 19.1 Å². The second kappa shape index (κ2) is 6.94. The van der Waals surface area contributed by atoms with Crippen molar-refractivity contribution in [3.8, 4) is 5.75 Å². The molecule has 0 saturated carbocycles. The molecule has 1 aromatic carbocycles. The van der Waals surface area contributed by atoms with Gasteiger partial charge in [0, 0.05) is 29.1 Å². The molecule has 0 aliphatic carbocycles. The number of ether oxygens (including phenoxy) is 3. The predicted octanol–water partition coefficient (Wildman–Crippen LogP) is 3.02. The van der Waals surface area contributed by atoms with Crippen molar-refractivity contribution in [3.63, 3.8) is 0 Å². The molecule has 2 aliphatic rings. The molecule has 4 unspecified atom stereocenters. The molecule has 4 atom stereocenters. The number of carbonyl (C=O) groups is 2. The van der Waals surface area contributed by atoms with Crippen LogP contribution in [0.25, 0.3) is 10.9 Å². The summed E-state index contributed by atoms with van der Waals surface area (Å²) in [4.78, 5) is 28.9. The number of fused-ring (bicyclic) bond motifs is 6. The van der Waals surface area contributed by atoms with Gasteiger partial charge in [0.25, 0.3) is 0 Å². The van der Waals surface area contributed by atoms with Crippen LogP contribution >= 0.6 is 0 Å². The molecule has 29 heavy (non-hydrogen) atoms. The molecule has 1 N–H and O–H groups in total. The lowest BCUT2D eigenvalue weighted by atomic mass is 9.89. The fraction of sp³-hybridized carbons (Fsp3) is 0.474. The summed E-state index contributed by atoms with van der Waals surface area (Å²) in [5.74, 6) is -2.83. The van der Waals surface area contributed by atoms with Gasteiger partial charge in [0.15, 0.2) is 12.3 Å². The first-order chi connectivity index (χ1) is 13.8. The number of carbonyl (C=O) groups excluding carboxylic acids is 2. The first kappa shape index (κ1) is 19.6. The van der Waals surface area contributed by atoms with Crippen molar-refractivity contribution in [2.24, 2.45) is 0 Å². The Morgan fingerprint density at radius 3 is 2.72 bits per heavy atom. The van der Waals surface area contributed by atoms with Crippen LogP contribution in [0.15, 0.2) is 18.2 Å². The molecule has 3 heterocycles. The van der Waals surface area contributed by atoms with Gasteiger partial charge in [-0.1, -0.05) is 0 Å². The van der Waals surface area contributed by atoms with Crippen molar-refractivity contribution >= 4 is 22.8 Å². The molecule has 1 fully saturated rings. The number of alkyl halides is 3. The predicted molar refractivity (Wildman–Crippen MR) is 94.2 cm³/mol. The molecule has 2 aromatic rings. The third-order valence-corrected chi connectivity index (χ3v) is 5.39. The van der Waals surface area contributed by atoms with E-state index in [-0.39, 0.29) is 13.2 Å². The molecule has 1 saturated heterocycles. The molecular weight excluding hydrogens is 393 g/mol. The summed E-state index contributed by atoms with van der Waals surface area (Å²) in [5.41, 5.74) is 1.92. The van der Waals surface area contributed by atoms with Crippen LogP contribution in [0.1, 0.15) is 36.6 Å². The van der Waals surface area contributed by atoms with Crippen LogP contribution in [0, 0.1) is 0 Å². The van der Waals surface area contributed by atoms with Gasteiger partial charge in [-0.25, -0.2) is 14.5 Å². The average Bonchev–Trinajstić information content (AvgIpc) is 3.18. The van der Waals surface area contributed by atoms with Crippen LogP contribution in [0.5, 0.6) is 5.75 Å². The smallest absolute Gasteiger partial charge is 0.490 e. The van der Waals surface area contributed by atoms with E-state index in [1.165, 1.54) is 12.0 Å². The number of methoxy groups -OCH3 is 1. The quantitative estimate of drug-likeness (QED) is 0.778. The third-order valence-electron chi connectivity index (χ3n) is 5.39. The number of halogens is 3. The minimum atomic E-state index is -5.12. The summed E-state index contributed by atoms with van der Waals surface area (Å²) in [6.45, 7) is 2.05. The summed E-state index contributed by atoms with van der Waals surface area (Å²) in [6.07, 6.45) is -5.90. The number of hydrogen-bond acceptors (Lipinski definition) is 6. The molecule has 2 aliphatic heterocycles. The van der Waals surface area contributed by atoms with Gasteiger partial charge in [-0.15, -0.1) is 0 Å². The summed E-state index contributed by atoms with van der Waals surface area (Å²) in [6, 6.07) is 4.27. The zero-order chi connectivity index (χ0) is 20.9. The molecule has 2 bridgehead atoms. The van der Waals surface area contributed by atoms with Crippen LogP contribution < -0.4 is 4.74 Å². The highest BCUT2D eigenvalue weighted by Crippen LogP contribution is 2.50. The number of aromatic nitrogens is 1. The second-order valence-corrected chi connectivity index (χ2v) is 6.95. The molecule has 10 heteroatoms. The van der Waals surface area contributed by atoms with E-state index < -0.39 is 36.3 Å². The topological polar surface area (TPSA) is 80.9 Å². The molecule has 0 amide bonds. The number of nitrogens with zero attached hydrogens (tertiary/aromatic N) is 1. The van der Waals surface area contributed by atoms with Crippen LogP contribution in [-0.4, -0.2) is 54.5 Å². The van der Waals surface area contributed by atoms with Crippen molar-refractivity contribution in [1.82, 2.24) is 9.88 Å². The van der Waals surface area contributed by atoms with E-state index in [1.54, 1.807) is 25.1 Å². The first-order valence-electron chi connectivity index (χ1n) is 9.16. The van der Waals surface area contributed by atoms with Crippen molar-refractivity contribution in [2.45, 2.75) is 37.7 Å². The molecule has 1 aromatic heterocycles. The maximum atomic E-state index is 12.8. The number of aromatic amines is 1. The normalized spacial score (nSPS) is 25.6. The molecule has 7 nitrogen and oxygen atoms in total. The average molecular weight is 412 g/mol. The van der Waals surface area contributed by atoms with Gasteiger partial charge in [0.1, 0.15) is 5.75 Å². The van der Waals surface area contributed by atoms with Crippen LogP contribution in [0.4, 0.5) is 13.2 Å². The Balaban J connectivity index is 1.85. The molecular formula is C19H19F3N2O5. The standard InChI is InChI=1S/C19H19F3N2O5/c1-3-28-17(25)15-14-13(11-8-9(27-2)4-5-12(11)23-14)10-6-7-24(15)16(10)29-18(26)19(20,21)22/h4-5,8,10,15-16,23H,3,6-7H2,1-2H3. The zero-order valence-corrected chi connectivity index (χ0v) is 15.7. The molecule has 0 radical (unpaired) electrons. The Morgan fingerprint density at radius 1 is 1.31 bits per heavy atom. The van der Waals surface area contributed by atoms with Crippen molar-refractivity contribution < 1.29 is 37.0 Å². The lowest BCUT2D eigenvalue weighted by molar-refractivity contribution is -0.215. The number of hydrogen-bond donors (Lipinski definition) is 1. The van der Waals surface area contributed by atoms with E-state index >= 15 is 0 Å². The number of nitrogens with one attached hydrogen (secondary N) is 1. The number of esters is 2. The van der Waals surface area contributed by atoms with Gasteiger partial charge in [-0.3, -0.25) is 0 Å². The number of H-pyrrole nitrogens is 1. The van der Waals surface area contributed by atoms with Crippen molar-refractivity contribution in [3.05, 3.63) is 29.5 Å². The van der Waals surface area contributed by atoms with Gasteiger partial charge < -0.3 is 19.2 Å². The van der Waals surface area contributed by atoms with Gasteiger partial charge in [0.05, 0.1) is 13.7 Å². The van der Waals surface area contributed by atoms with E-state index in [0.717, 1.165) is 0 Å². The summed E-state index contributed by atoms with van der Waals surface area (Å²) >= 11 is 0. The fourth-order valence-electron chi connectivity index (χ4n) is 4.27. The van der Waals surface area contributed by atoms with Gasteiger partial charge in [0.2, 0.25) is 0 Å². The molecule has 156 valence electrons. The maximum Gasteiger partial charge on any atom is 0.490 e. The highest BCUT2D eigenvalue weighted by Gasteiger charge is 2.54. The summed E-state index contributed by atoms with van der Waals surface area (Å²) in [5, 5.41) is 0.716. The largest absolute Gasteiger partial charge is 0.497 e. The number of rotatable bonds is 4. The highest BCUT2D eigenvalue weighted by molar-refractivity contribution is 5.90.